The predicted octanol–water partition coefficient (Wildman–Crippen LogP) is 4.81. The van der Waals surface area contributed by atoms with Crippen LogP contribution < -0.4 is 0 Å². The van der Waals surface area contributed by atoms with Crippen molar-refractivity contribution in [2.75, 3.05) is 0 Å². The zero-order valence-electron chi connectivity index (χ0n) is 16.9. The Bertz CT molecular complexity index is 789. The normalized spacial score (nSPS) is 11.9. The third kappa shape index (κ3) is 7.59. The number of carboxylic acids is 1. The lowest BCUT2D eigenvalue weighted by Crippen LogP contribution is -2.13. The van der Waals surface area contributed by atoms with Crippen LogP contribution in [0, 0.1) is 12.8 Å². The summed E-state index contributed by atoms with van der Waals surface area (Å²) in [7, 11) is 0. The number of nitrogens with zero attached hydrogens (tertiary/aromatic N) is 2. The highest BCUT2D eigenvalue weighted by Crippen LogP contribution is 2.17. The number of aryl methyl sites for hydroxylation is 3. The maximum atomic E-state index is 12.5. The van der Waals surface area contributed by atoms with Gasteiger partial charge in [0, 0.05) is 19.0 Å². The molecule has 5 nitrogen and oxygen atoms in total. The molecule has 1 heterocycles. The fraction of sp³-hybridized carbons (Fsp3) is 0.478. The molecule has 0 aliphatic heterocycles. The fourth-order valence-corrected chi connectivity index (χ4v) is 3.43. The number of Topliss-reactive ketones (excluding diaryl/α,β-unsaturated/α-hetero) is 1. The number of carbonyl (C=O) groups is 2. The van der Waals surface area contributed by atoms with E-state index < -0.39 is 5.97 Å². The van der Waals surface area contributed by atoms with E-state index in [2.05, 4.69) is 41.2 Å². The lowest BCUT2D eigenvalue weighted by atomic mass is 9.95. The summed E-state index contributed by atoms with van der Waals surface area (Å²) < 4.78 is 0. The van der Waals surface area contributed by atoms with E-state index in [1.165, 1.54) is 17.5 Å². The summed E-state index contributed by atoms with van der Waals surface area (Å²) in [6.45, 7) is 3.90. The number of carbonyl (C=O) groups excluding carboxylic acids is 1. The van der Waals surface area contributed by atoms with Crippen molar-refractivity contribution < 1.29 is 14.7 Å². The van der Waals surface area contributed by atoms with Crippen LogP contribution in [-0.4, -0.2) is 26.8 Å². The molecule has 0 aliphatic rings. The lowest BCUT2D eigenvalue weighted by molar-refractivity contribution is -0.137. The maximum Gasteiger partial charge on any atom is 0.303 e. The summed E-state index contributed by atoms with van der Waals surface area (Å²) in [5, 5.41) is 8.86. The minimum atomic E-state index is -0.879. The van der Waals surface area contributed by atoms with Gasteiger partial charge in [-0.3, -0.25) is 9.59 Å². The van der Waals surface area contributed by atoms with Crippen LogP contribution >= 0.6 is 0 Å². The van der Waals surface area contributed by atoms with Crippen molar-refractivity contribution in [3.63, 3.8) is 0 Å². The Kier molecular flexibility index (Phi) is 8.79. The van der Waals surface area contributed by atoms with Crippen molar-refractivity contribution in [3.05, 3.63) is 59.2 Å². The van der Waals surface area contributed by atoms with E-state index in [1.807, 2.05) is 0 Å². The van der Waals surface area contributed by atoms with Crippen LogP contribution in [0.5, 0.6) is 0 Å². The minimum absolute atomic E-state index is 0.00426. The van der Waals surface area contributed by atoms with Crippen LogP contribution in [0.1, 0.15) is 72.6 Å². The largest absolute Gasteiger partial charge is 0.481 e. The highest BCUT2D eigenvalue weighted by molar-refractivity contribution is 5.97. The maximum absolute atomic E-state index is 12.5. The zero-order chi connectivity index (χ0) is 20.4. The Morgan fingerprint density at radius 3 is 2.54 bits per heavy atom. The van der Waals surface area contributed by atoms with Gasteiger partial charge in [0.1, 0.15) is 6.33 Å². The molecule has 150 valence electrons. The third-order valence-electron chi connectivity index (χ3n) is 4.86. The molecule has 1 aromatic carbocycles. The van der Waals surface area contributed by atoms with Gasteiger partial charge in [0.25, 0.3) is 0 Å². The number of aromatic nitrogens is 2. The van der Waals surface area contributed by atoms with E-state index in [0.29, 0.717) is 5.56 Å². The Morgan fingerprint density at radius 1 is 1.07 bits per heavy atom. The van der Waals surface area contributed by atoms with E-state index >= 15 is 0 Å². The molecule has 2 rings (SSSR count). The molecule has 2 aromatic rings. The molecule has 28 heavy (non-hydrogen) atoms. The first-order valence-electron chi connectivity index (χ1n) is 10.0. The highest BCUT2D eigenvalue weighted by Gasteiger charge is 2.17. The van der Waals surface area contributed by atoms with Crippen LogP contribution in [0.4, 0.5) is 0 Å². The van der Waals surface area contributed by atoms with Crippen molar-refractivity contribution in [1.29, 1.82) is 0 Å². The van der Waals surface area contributed by atoms with E-state index in [9.17, 15) is 9.59 Å². The van der Waals surface area contributed by atoms with Crippen molar-refractivity contribution in [1.82, 2.24) is 9.97 Å². The number of unbranched alkanes of at least 4 members (excludes halogenated alkanes) is 3. The summed E-state index contributed by atoms with van der Waals surface area (Å²) in [5.74, 6) is -1.14. The molecule has 0 unspecified atom stereocenters. The monoisotopic (exact) mass is 382 g/mol. The third-order valence-corrected chi connectivity index (χ3v) is 4.86. The SMILES string of the molecule is Cc1cccc(CCCCCCc2ncncc2C(=O)C[C@H](C)CC(=O)O)c1. The summed E-state index contributed by atoms with van der Waals surface area (Å²) in [4.78, 5) is 31.6. The van der Waals surface area contributed by atoms with E-state index in [-0.39, 0.29) is 24.5 Å². The molecule has 0 saturated heterocycles. The molecule has 0 amide bonds. The molecule has 0 saturated carbocycles. The van der Waals surface area contributed by atoms with Gasteiger partial charge in [-0.1, -0.05) is 49.6 Å². The van der Waals surface area contributed by atoms with Crippen molar-refractivity contribution in [3.8, 4) is 0 Å². The van der Waals surface area contributed by atoms with E-state index in [4.69, 9.17) is 5.11 Å². The molecule has 0 fully saturated rings. The van der Waals surface area contributed by atoms with Gasteiger partial charge < -0.3 is 5.11 Å². The second-order valence-corrected chi connectivity index (χ2v) is 7.62. The second kappa shape index (κ2) is 11.3. The van der Waals surface area contributed by atoms with Gasteiger partial charge in [-0.15, -0.1) is 0 Å². The molecule has 1 N–H and O–H groups in total. The van der Waals surface area contributed by atoms with Crippen LogP contribution in [0.15, 0.2) is 36.8 Å². The Balaban J connectivity index is 1.76. The lowest BCUT2D eigenvalue weighted by Gasteiger charge is -2.10. The summed E-state index contributed by atoms with van der Waals surface area (Å²) in [5.41, 5.74) is 4.01. The first kappa shape index (κ1) is 21.7. The van der Waals surface area contributed by atoms with Crippen LogP contribution in [-0.2, 0) is 17.6 Å². The number of hydrogen-bond acceptors (Lipinski definition) is 4. The highest BCUT2D eigenvalue weighted by atomic mass is 16.4. The minimum Gasteiger partial charge on any atom is -0.481 e. The smallest absolute Gasteiger partial charge is 0.303 e. The number of ketones is 1. The molecule has 0 aliphatic carbocycles. The number of rotatable bonds is 12. The predicted molar refractivity (Wildman–Crippen MR) is 109 cm³/mol. The standard InChI is InChI=1S/C23H30N2O3/c1-17-8-7-10-19(12-17)9-5-3-4-6-11-21-20(15-24-16-25-21)22(26)13-18(2)14-23(27)28/h7-8,10,12,15-16,18H,3-6,9,11,13-14H2,1-2H3,(H,27,28)/t18-/m0/s1. The molecule has 1 aromatic heterocycles. The number of carboxylic acid groups (broad SMARTS) is 1. The molecule has 0 spiro atoms. The number of hydrogen-bond donors (Lipinski definition) is 1. The van der Waals surface area contributed by atoms with Crippen molar-refractivity contribution >= 4 is 11.8 Å². The molecule has 0 radical (unpaired) electrons. The van der Waals surface area contributed by atoms with Gasteiger partial charge in [0.05, 0.1) is 11.3 Å². The molecule has 1 atom stereocenters. The number of benzene rings is 1. The first-order valence-corrected chi connectivity index (χ1v) is 10.0. The zero-order valence-corrected chi connectivity index (χ0v) is 16.9. The van der Waals surface area contributed by atoms with Gasteiger partial charge in [-0.2, -0.15) is 0 Å². The fourth-order valence-electron chi connectivity index (χ4n) is 3.43. The summed E-state index contributed by atoms with van der Waals surface area (Å²) in [6, 6.07) is 8.64. The van der Waals surface area contributed by atoms with Gasteiger partial charge in [-0.25, -0.2) is 9.97 Å². The Hall–Kier alpha value is -2.56. The van der Waals surface area contributed by atoms with E-state index in [0.717, 1.165) is 44.2 Å². The molecular formula is C23H30N2O3. The first-order chi connectivity index (χ1) is 13.5. The van der Waals surface area contributed by atoms with Crippen LogP contribution in [0.25, 0.3) is 0 Å². The summed E-state index contributed by atoms with van der Waals surface area (Å²) >= 11 is 0. The quantitative estimate of drug-likeness (QED) is 0.421. The molecule has 5 heteroatoms. The van der Waals surface area contributed by atoms with Crippen molar-refractivity contribution in [2.24, 2.45) is 5.92 Å². The second-order valence-electron chi connectivity index (χ2n) is 7.62. The Labute approximate surface area is 167 Å². The molecule has 0 bridgehead atoms. The average molecular weight is 383 g/mol. The van der Waals surface area contributed by atoms with Gasteiger partial charge in [0.2, 0.25) is 0 Å². The van der Waals surface area contributed by atoms with Crippen LogP contribution in [0.3, 0.4) is 0 Å². The van der Waals surface area contributed by atoms with Gasteiger partial charge >= 0.3 is 5.97 Å². The molecular weight excluding hydrogens is 352 g/mol. The van der Waals surface area contributed by atoms with Crippen LogP contribution in [0.2, 0.25) is 0 Å². The van der Waals surface area contributed by atoms with E-state index in [1.54, 1.807) is 13.1 Å². The number of aliphatic carboxylic acids is 1. The summed E-state index contributed by atoms with van der Waals surface area (Å²) in [6.07, 6.45) is 9.49. The Morgan fingerprint density at radius 2 is 1.82 bits per heavy atom. The van der Waals surface area contributed by atoms with Gasteiger partial charge in [-0.05, 0) is 44.1 Å². The topological polar surface area (TPSA) is 80.2 Å². The van der Waals surface area contributed by atoms with Gasteiger partial charge in [0.15, 0.2) is 5.78 Å². The van der Waals surface area contributed by atoms with Crippen molar-refractivity contribution in [2.45, 2.75) is 65.2 Å². The average Bonchev–Trinajstić information content (AvgIpc) is 2.64.